The molecule has 19 heavy (non-hydrogen) atoms. The van der Waals surface area contributed by atoms with Gasteiger partial charge in [0.1, 0.15) is 0 Å². The van der Waals surface area contributed by atoms with Crippen LogP contribution in [0.3, 0.4) is 0 Å². The summed E-state index contributed by atoms with van der Waals surface area (Å²) in [5.41, 5.74) is 6.98. The second kappa shape index (κ2) is 6.54. The number of benzene rings is 1. The van der Waals surface area contributed by atoms with E-state index in [1.54, 1.807) is 0 Å². The molecular weight excluding hydrogens is 240 g/mol. The van der Waals surface area contributed by atoms with Gasteiger partial charge in [0, 0.05) is 18.7 Å². The van der Waals surface area contributed by atoms with Crippen molar-refractivity contribution in [2.24, 2.45) is 10.9 Å². The minimum atomic E-state index is -0.481. The highest BCUT2D eigenvalue weighted by atomic mass is 16.7. The van der Waals surface area contributed by atoms with Gasteiger partial charge >= 0.3 is 0 Å². The molecule has 0 saturated heterocycles. The van der Waals surface area contributed by atoms with E-state index in [1.807, 2.05) is 35.2 Å². The van der Waals surface area contributed by atoms with E-state index >= 15 is 0 Å². The maximum absolute atomic E-state index is 5.95. The van der Waals surface area contributed by atoms with Crippen molar-refractivity contribution in [1.82, 2.24) is 9.80 Å². The van der Waals surface area contributed by atoms with Crippen molar-refractivity contribution in [2.45, 2.75) is 20.2 Å². The Kier molecular flexibility index (Phi) is 4.76. The van der Waals surface area contributed by atoms with Crippen molar-refractivity contribution < 1.29 is 4.84 Å². The molecule has 1 atom stereocenters. The van der Waals surface area contributed by atoms with Gasteiger partial charge in [-0.1, -0.05) is 49.3 Å². The van der Waals surface area contributed by atoms with Gasteiger partial charge in [-0.2, -0.15) is 0 Å². The van der Waals surface area contributed by atoms with Crippen LogP contribution >= 0.6 is 0 Å². The molecule has 1 unspecified atom stereocenters. The highest BCUT2D eigenvalue weighted by molar-refractivity contribution is 5.99. The first-order valence-electron chi connectivity index (χ1n) is 6.80. The van der Waals surface area contributed by atoms with Crippen molar-refractivity contribution in [2.75, 3.05) is 26.2 Å². The fourth-order valence-corrected chi connectivity index (χ4v) is 2.16. The predicted molar refractivity (Wildman–Crippen MR) is 76.5 cm³/mol. The van der Waals surface area contributed by atoms with E-state index in [4.69, 9.17) is 10.6 Å². The largest absolute Gasteiger partial charge is 0.352 e. The summed E-state index contributed by atoms with van der Waals surface area (Å²) in [4.78, 5) is 9.57. The van der Waals surface area contributed by atoms with Crippen LogP contribution in [0.5, 0.6) is 0 Å². The first-order valence-corrected chi connectivity index (χ1v) is 6.80. The quantitative estimate of drug-likeness (QED) is 0.838. The third-order valence-corrected chi connectivity index (χ3v) is 3.41. The lowest BCUT2D eigenvalue weighted by atomic mass is 10.2. The van der Waals surface area contributed by atoms with Gasteiger partial charge in [0.25, 0.3) is 6.35 Å². The Bertz CT molecular complexity index is 417. The van der Waals surface area contributed by atoms with Gasteiger partial charge in [-0.15, -0.1) is 0 Å². The molecular formula is C14H22N4O. The molecule has 0 amide bonds. The molecule has 2 N–H and O–H groups in total. The Morgan fingerprint density at radius 1 is 1.26 bits per heavy atom. The molecule has 0 aliphatic carbocycles. The van der Waals surface area contributed by atoms with Gasteiger partial charge in [0.05, 0.1) is 0 Å². The van der Waals surface area contributed by atoms with E-state index in [0.29, 0.717) is 0 Å². The monoisotopic (exact) mass is 262 g/mol. The van der Waals surface area contributed by atoms with E-state index in [9.17, 15) is 0 Å². The van der Waals surface area contributed by atoms with E-state index in [1.165, 1.54) is 0 Å². The third-order valence-electron chi connectivity index (χ3n) is 3.41. The van der Waals surface area contributed by atoms with Gasteiger partial charge in [0.15, 0.2) is 5.84 Å². The zero-order chi connectivity index (χ0) is 13.7. The molecule has 1 aromatic carbocycles. The topological polar surface area (TPSA) is 54.1 Å². The maximum atomic E-state index is 5.95. The van der Waals surface area contributed by atoms with Crippen LogP contribution < -0.4 is 5.73 Å². The van der Waals surface area contributed by atoms with Crippen molar-refractivity contribution in [3.63, 3.8) is 0 Å². The molecule has 0 radical (unpaired) electrons. The van der Waals surface area contributed by atoms with Crippen LogP contribution in [0.15, 0.2) is 35.5 Å². The molecule has 0 aromatic heterocycles. The summed E-state index contributed by atoms with van der Waals surface area (Å²) in [6.07, 6.45) is -0.481. The maximum Gasteiger partial charge on any atom is 0.254 e. The average molecular weight is 262 g/mol. The van der Waals surface area contributed by atoms with Crippen LogP contribution in [-0.2, 0) is 4.84 Å². The van der Waals surface area contributed by atoms with Gasteiger partial charge in [-0.05, 0) is 13.1 Å². The van der Waals surface area contributed by atoms with E-state index in [2.05, 4.69) is 23.9 Å². The van der Waals surface area contributed by atoms with Crippen LogP contribution in [0.1, 0.15) is 19.4 Å². The van der Waals surface area contributed by atoms with Crippen molar-refractivity contribution in [3.05, 3.63) is 35.9 Å². The number of oxime groups is 1. The number of nitrogens with two attached hydrogens (primary N) is 1. The zero-order valence-electron chi connectivity index (χ0n) is 11.6. The Morgan fingerprint density at radius 3 is 2.58 bits per heavy atom. The fourth-order valence-electron chi connectivity index (χ4n) is 2.16. The molecule has 0 fully saturated rings. The lowest BCUT2D eigenvalue weighted by Gasteiger charge is -2.26. The highest BCUT2D eigenvalue weighted by Gasteiger charge is 2.27. The third kappa shape index (κ3) is 3.24. The normalized spacial score (nSPS) is 18.6. The molecule has 1 aromatic rings. The van der Waals surface area contributed by atoms with E-state index in [-0.39, 0.29) is 0 Å². The minimum Gasteiger partial charge on any atom is -0.352 e. The minimum absolute atomic E-state index is 0.481. The van der Waals surface area contributed by atoms with Gasteiger partial charge in [-0.25, -0.2) is 0 Å². The Balaban J connectivity index is 2.03. The fraction of sp³-hybridized carbons (Fsp3) is 0.500. The second-order valence-corrected chi connectivity index (χ2v) is 4.50. The van der Waals surface area contributed by atoms with Crippen molar-refractivity contribution in [3.8, 4) is 0 Å². The first kappa shape index (κ1) is 13.8. The zero-order valence-corrected chi connectivity index (χ0v) is 11.6. The molecule has 5 nitrogen and oxygen atoms in total. The molecule has 0 saturated carbocycles. The number of hydrogen-bond donors (Lipinski definition) is 1. The molecule has 1 aliphatic heterocycles. The summed E-state index contributed by atoms with van der Waals surface area (Å²) in [5.74, 6) is 0.820. The summed E-state index contributed by atoms with van der Waals surface area (Å²) in [5, 5.41) is 4.10. The molecule has 0 bridgehead atoms. The summed E-state index contributed by atoms with van der Waals surface area (Å²) < 4.78 is 0. The molecule has 1 aliphatic rings. The number of amidine groups is 1. The molecule has 0 spiro atoms. The SMILES string of the molecule is CCN(CC)CCN1C(c2ccccc2)=NOC1N. The highest BCUT2D eigenvalue weighted by Crippen LogP contribution is 2.14. The Labute approximate surface area is 114 Å². The summed E-state index contributed by atoms with van der Waals surface area (Å²) in [7, 11) is 0. The van der Waals surface area contributed by atoms with Gasteiger partial charge in [0.2, 0.25) is 0 Å². The lowest BCUT2D eigenvalue weighted by Crippen LogP contribution is -2.46. The van der Waals surface area contributed by atoms with Crippen LogP contribution in [0, 0.1) is 0 Å². The summed E-state index contributed by atoms with van der Waals surface area (Å²) in [6.45, 7) is 8.18. The van der Waals surface area contributed by atoms with Crippen molar-refractivity contribution >= 4 is 5.84 Å². The smallest absolute Gasteiger partial charge is 0.254 e. The molecule has 104 valence electrons. The van der Waals surface area contributed by atoms with E-state index in [0.717, 1.165) is 37.6 Å². The van der Waals surface area contributed by atoms with Crippen LogP contribution in [0.4, 0.5) is 0 Å². The van der Waals surface area contributed by atoms with Crippen molar-refractivity contribution in [1.29, 1.82) is 0 Å². The number of hydrogen-bond acceptors (Lipinski definition) is 5. The average Bonchev–Trinajstić information content (AvgIpc) is 2.82. The lowest BCUT2D eigenvalue weighted by molar-refractivity contribution is 0.0130. The Hall–Kier alpha value is -1.59. The van der Waals surface area contributed by atoms with Crippen LogP contribution in [0.25, 0.3) is 0 Å². The van der Waals surface area contributed by atoms with Gasteiger partial charge < -0.3 is 14.6 Å². The molecule has 2 rings (SSSR count). The number of likely N-dealkylation sites (N-methyl/N-ethyl adjacent to an activating group) is 1. The van der Waals surface area contributed by atoms with Crippen LogP contribution in [-0.4, -0.2) is 48.2 Å². The number of rotatable bonds is 6. The summed E-state index contributed by atoms with van der Waals surface area (Å²) in [6, 6.07) is 10.0. The summed E-state index contributed by atoms with van der Waals surface area (Å²) >= 11 is 0. The van der Waals surface area contributed by atoms with Gasteiger partial charge in [-0.3, -0.25) is 5.73 Å². The Morgan fingerprint density at radius 2 is 1.95 bits per heavy atom. The standard InChI is InChI=1S/C14H22N4O/c1-3-17(4-2)10-11-18-13(16-19-14(18)15)12-8-6-5-7-9-12/h5-9,14H,3-4,10-11,15H2,1-2H3. The first-order chi connectivity index (χ1) is 9.26. The van der Waals surface area contributed by atoms with Crippen LogP contribution in [0.2, 0.25) is 0 Å². The molecule has 5 heteroatoms. The molecule has 1 heterocycles. The second-order valence-electron chi connectivity index (χ2n) is 4.50. The number of nitrogens with zero attached hydrogens (tertiary/aromatic N) is 3. The predicted octanol–water partition coefficient (Wildman–Crippen LogP) is 1.26. The van der Waals surface area contributed by atoms with E-state index < -0.39 is 6.35 Å².